The summed E-state index contributed by atoms with van der Waals surface area (Å²) in [6.45, 7) is 7.50. The Labute approximate surface area is 146 Å². The zero-order chi connectivity index (χ0) is 19.5. The molecule has 1 aromatic carbocycles. The molecule has 0 aliphatic carbocycles. The number of carboxylic acids is 1. The minimum Gasteiger partial charge on any atom is -0.508 e. The van der Waals surface area contributed by atoms with Crippen LogP contribution < -0.4 is 5.32 Å². The smallest absolute Gasteiger partial charge is 0.490 e. The average molecular weight is 361 g/mol. The minimum absolute atomic E-state index is 0.335. The van der Waals surface area contributed by atoms with Gasteiger partial charge in [0.1, 0.15) is 5.75 Å². The van der Waals surface area contributed by atoms with Gasteiger partial charge in [-0.2, -0.15) is 13.2 Å². The van der Waals surface area contributed by atoms with Crippen LogP contribution in [0.25, 0.3) is 0 Å². The predicted octanol–water partition coefficient (Wildman–Crippen LogP) is 4.29. The van der Waals surface area contributed by atoms with Crippen LogP contribution in [-0.2, 0) is 11.2 Å². The van der Waals surface area contributed by atoms with Crippen LogP contribution in [0, 0.1) is 0 Å². The van der Waals surface area contributed by atoms with Crippen molar-refractivity contribution < 1.29 is 28.2 Å². The van der Waals surface area contributed by atoms with Gasteiger partial charge in [0.25, 0.3) is 0 Å². The lowest BCUT2D eigenvalue weighted by Gasteiger charge is -2.12. The first-order valence-electron chi connectivity index (χ1n) is 7.97. The van der Waals surface area contributed by atoms with Gasteiger partial charge in [0.05, 0.1) is 0 Å². The lowest BCUT2D eigenvalue weighted by Crippen LogP contribution is -2.27. The van der Waals surface area contributed by atoms with Gasteiger partial charge < -0.3 is 15.5 Å². The average Bonchev–Trinajstić information content (AvgIpc) is 2.48. The Balaban J connectivity index is 0.000000697. The topological polar surface area (TPSA) is 69.6 Å². The third-order valence-electron chi connectivity index (χ3n) is 3.24. The molecule has 4 nitrogen and oxygen atoms in total. The highest BCUT2D eigenvalue weighted by Gasteiger charge is 2.38. The number of nitrogens with one attached hydrogen (secondary N) is 1. The number of allylic oxidation sites excluding steroid dienone is 2. The maximum atomic E-state index is 10.6. The fourth-order valence-corrected chi connectivity index (χ4v) is 1.85. The highest BCUT2D eigenvalue weighted by atomic mass is 19.4. The summed E-state index contributed by atoms with van der Waals surface area (Å²) in [5.41, 5.74) is 2.66. The highest BCUT2D eigenvalue weighted by Crippen LogP contribution is 2.13. The number of halogens is 3. The molecule has 3 N–H and O–H groups in total. The van der Waals surface area contributed by atoms with E-state index in [0.717, 1.165) is 19.4 Å². The van der Waals surface area contributed by atoms with E-state index in [1.807, 2.05) is 12.1 Å². The Morgan fingerprint density at radius 2 is 1.76 bits per heavy atom. The monoisotopic (exact) mass is 361 g/mol. The van der Waals surface area contributed by atoms with Crippen LogP contribution in [0.5, 0.6) is 5.75 Å². The van der Waals surface area contributed by atoms with Crippen LogP contribution in [0.15, 0.2) is 35.9 Å². The number of hydrogen-bond acceptors (Lipinski definition) is 3. The van der Waals surface area contributed by atoms with Gasteiger partial charge in [0, 0.05) is 6.04 Å². The lowest BCUT2D eigenvalue weighted by molar-refractivity contribution is -0.192. The third kappa shape index (κ3) is 13.0. The molecule has 1 aromatic rings. The molecule has 1 rings (SSSR count). The summed E-state index contributed by atoms with van der Waals surface area (Å²) in [5.74, 6) is -2.42. The zero-order valence-electron chi connectivity index (χ0n) is 14.7. The molecule has 0 aliphatic rings. The van der Waals surface area contributed by atoms with Crippen LogP contribution in [0.4, 0.5) is 13.2 Å². The molecular formula is C18H26F3NO3. The van der Waals surface area contributed by atoms with Crippen LogP contribution in [-0.4, -0.2) is 34.9 Å². The summed E-state index contributed by atoms with van der Waals surface area (Å²) in [5, 5.41) is 19.8. The largest absolute Gasteiger partial charge is 0.508 e. The van der Waals surface area contributed by atoms with Gasteiger partial charge in [-0.3, -0.25) is 0 Å². The zero-order valence-corrected chi connectivity index (χ0v) is 14.7. The van der Waals surface area contributed by atoms with Crippen molar-refractivity contribution >= 4 is 5.97 Å². The van der Waals surface area contributed by atoms with Crippen molar-refractivity contribution in [2.75, 3.05) is 6.54 Å². The van der Waals surface area contributed by atoms with E-state index in [1.54, 1.807) is 12.1 Å². The van der Waals surface area contributed by atoms with Gasteiger partial charge in [-0.15, -0.1) is 0 Å². The molecule has 7 heteroatoms. The van der Waals surface area contributed by atoms with E-state index in [9.17, 15) is 18.3 Å². The Kier molecular flexibility index (Phi) is 10.6. The van der Waals surface area contributed by atoms with E-state index in [0.29, 0.717) is 11.8 Å². The summed E-state index contributed by atoms with van der Waals surface area (Å²) in [6.07, 6.45) is 0.544. The van der Waals surface area contributed by atoms with Gasteiger partial charge >= 0.3 is 12.1 Å². The predicted molar refractivity (Wildman–Crippen MR) is 91.6 cm³/mol. The second-order valence-corrected chi connectivity index (χ2v) is 5.93. The normalized spacial score (nSPS) is 11.9. The van der Waals surface area contributed by atoms with E-state index in [4.69, 9.17) is 9.90 Å². The SMILES string of the molecule is CC(C)=CCCC(C)NCCc1ccc(O)cc1.O=C(O)C(F)(F)F. The van der Waals surface area contributed by atoms with Gasteiger partial charge in [0.2, 0.25) is 0 Å². The Hall–Kier alpha value is -2.02. The van der Waals surface area contributed by atoms with Crippen LogP contribution >= 0.6 is 0 Å². The van der Waals surface area contributed by atoms with Gasteiger partial charge in [-0.1, -0.05) is 23.8 Å². The number of carboxylic acid groups (broad SMARTS) is 1. The summed E-state index contributed by atoms with van der Waals surface area (Å²) >= 11 is 0. The number of aromatic hydroxyl groups is 1. The van der Waals surface area contributed by atoms with Crippen molar-refractivity contribution in [1.29, 1.82) is 0 Å². The summed E-state index contributed by atoms with van der Waals surface area (Å²) in [7, 11) is 0. The van der Waals surface area contributed by atoms with E-state index < -0.39 is 12.1 Å². The molecule has 25 heavy (non-hydrogen) atoms. The van der Waals surface area contributed by atoms with Crippen molar-refractivity contribution in [2.24, 2.45) is 0 Å². The number of benzene rings is 1. The fraction of sp³-hybridized carbons (Fsp3) is 0.500. The second kappa shape index (κ2) is 11.5. The maximum Gasteiger partial charge on any atom is 0.490 e. The van der Waals surface area contributed by atoms with E-state index in [1.165, 1.54) is 17.6 Å². The number of hydrogen-bond donors (Lipinski definition) is 3. The molecule has 0 aromatic heterocycles. The number of carbonyl (C=O) groups is 1. The van der Waals surface area contributed by atoms with Crippen LogP contribution in [0.3, 0.4) is 0 Å². The van der Waals surface area contributed by atoms with Gasteiger partial charge in [0.15, 0.2) is 0 Å². The van der Waals surface area contributed by atoms with Crippen molar-refractivity contribution in [3.8, 4) is 5.75 Å². The molecule has 0 bridgehead atoms. The third-order valence-corrected chi connectivity index (χ3v) is 3.24. The van der Waals surface area contributed by atoms with E-state index in [-0.39, 0.29) is 0 Å². The number of phenols is 1. The molecule has 1 atom stereocenters. The molecule has 142 valence electrons. The van der Waals surface area contributed by atoms with Crippen molar-refractivity contribution in [3.05, 3.63) is 41.5 Å². The summed E-state index contributed by atoms with van der Waals surface area (Å²) in [4.78, 5) is 8.90. The minimum atomic E-state index is -5.08. The molecule has 0 heterocycles. The maximum absolute atomic E-state index is 10.6. The van der Waals surface area contributed by atoms with Gasteiger partial charge in [-0.05, 0) is 64.3 Å². The molecule has 1 unspecified atom stereocenters. The lowest BCUT2D eigenvalue weighted by atomic mass is 10.1. The van der Waals surface area contributed by atoms with Crippen molar-refractivity contribution in [3.63, 3.8) is 0 Å². The Bertz CT molecular complexity index is 535. The first-order valence-corrected chi connectivity index (χ1v) is 7.97. The van der Waals surface area contributed by atoms with Crippen molar-refractivity contribution in [1.82, 2.24) is 5.32 Å². The highest BCUT2D eigenvalue weighted by molar-refractivity contribution is 5.73. The quantitative estimate of drug-likeness (QED) is 0.634. The van der Waals surface area contributed by atoms with Crippen LogP contribution in [0.1, 0.15) is 39.2 Å². The number of alkyl halides is 3. The molecular weight excluding hydrogens is 335 g/mol. The first kappa shape index (κ1) is 23.0. The van der Waals surface area contributed by atoms with E-state index >= 15 is 0 Å². The number of aliphatic carboxylic acids is 1. The summed E-state index contributed by atoms with van der Waals surface area (Å²) < 4.78 is 31.7. The summed E-state index contributed by atoms with van der Waals surface area (Å²) in [6, 6.07) is 7.99. The molecule has 0 aliphatic heterocycles. The fourth-order valence-electron chi connectivity index (χ4n) is 1.85. The Morgan fingerprint density at radius 1 is 1.24 bits per heavy atom. The molecule has 0 saturated heterocycles. The standard InChI is InChI=1S/C16H25NO.C2HF3O2/c1-13(2)5-4-6-14(3)17-12-11-15-7-9-16(18)10-8-15;3-2(4,5)1(6)7/h5,7-10,14,17-18H,4,6,11-12H2,1-3H3;(H,6,7). The second-order valence-electron chi connectivity index (χ2n) is 5.93. The Morgan fingerprint density at radius 3 is 2.20 bits per heavy atom. The molecule has 0 spiro atoms. The number of phenolic OH excluding ortho intramolecular Hbond substituents is 1. The van der Waals surface area contributed by atoms with Crippen LogP contribution in [0.2, 0.25) is 0 Å². The molecule has 0 saturated carbocycles. The molecule has 0 radical (unpaired) electrons. The number of rotatable bonds is 7. The first-order chi connectivity index (χ1) is 11.5. The molecule has 0 fully saturated rings. The van der Waals surface area contributed by atoms with Gasteiger partial charge in [-0.25, -0.2) is 4.79 Å². The van der Waals surface area contributed by atoms with E-state index in [2.05, 4.69) is 32.2 Å². The van der Waals surface area contributed by atoms with Crippen molar-refractivity contribution in [2.45, 2.75) is 52.3 Å². The molecule has 0 amide bonds.